The predicted molar refractivity (Wildman–Crippen MR) is 69.1 cm³/mol. The van der Waals surface area contributed by atoms with Crippen molar-refractivity contribution in [3.8, 4) is 0 Å². The summed E-state index contributed by atoms with van der Waals surface area (Å²) in [7, 11) is -3.14. The lowest BCUT2D eigenvalue weighted by molar-refractivity contribution is -0.139. The third-order valence-electron chi connectivity index (χ3n) is 1.91. The van der Waals surface area contributed by atoms with Crippen LogP contribution in [0.3, 0.4) is 0 Å². The van der Waals surface area contributed by atoms with E-state index in [1.54, 1.807) is 0 Å². The Balaban J connectivity index is 3.63. The summed E-state index contributed by atoms with van der Waals surface area (Å²) in [5.74, 6) is 0. The largest absolute Gasteiger partial charge is 0.353 e. The van der Waals surface area contributed by atoms with Crippen molar-refractivity contribution in [2.24, 2.45) is 11.0 Å². The Kier molecular flexibility index (Phi) is 9.40. The molecule has 0 fully saturated rings. The van der Waals surface area contributed by atoms with Gasteiger partial charge in [0.1, 0.15) is 0 Å². The molecule has 0 radical (unpaired) electrons. The molecule has 0 aliphatic carbocycles. The molecule has 0 aliphatic heterocycles. The summed E-state index contributed by atoms with van der Waals surface area (Å²) in [5, 5.41) is 2.43. The van der Waals surface area contributed by atoms with E-state index in [4.69, 9.17) is 20.5 Å². The summed E-state index contributed by atoms with van der Waals surface area (Å²) in [6.45, 7) is 5.17. The van der Waals surface area contributed by atoms with E-state index < -0.39 is 7.59 Å². The van der Waals surface area contributed by atoms with Gasteiger partial charge in [-0.25, -0.2) is 0 Å². The van der Waals surface area contributed by atoms with Gasteiger partial charge in [-0.3, -0.25) is 15.6 Å². The zero-order valence-corrected chi connectivity index (χ0v) is 11.5. The molecule has 102 valence electrons. The maximum absolute atomic E-state index is 10.9. The van der Waals surface area contributed by atoms with Gasteiger partial charge < -0.3 is 14.6 Å². The summed E-state index contributed by atoms with van der Waals surface area (Å²) < 4.78 is 21.7. The Morgan fingerprint density at radius 2 is 1.88 bits per heavy atom. The zero-order valence-electron chi connectivity index (χ0n) is 10.6. The molecule has 0 amide bonds. The Labute approximate surface area is 103 Å². The molecule has 0 atom stereocenters. The van der Waals surface area contributed by atoms with Crippen molar-refractivity contribution >= 4 is 7.59 Å². The van der Waals surface area contributed by atoms with Gasteiger partial charge in [-0.2, -0.15) is 0 Å². The highest BCUT2D eigenvalue weighted by Crippen LogP contribution is 2.16. The molecule has 7 heteroatoms. The fraction of sp³-hybridized carbons (Fsp3) is 0.800. The van der Waals surface area contributed by atoms with E-state index in [1.807, 2.05) is 19.9 Å². The highest BCUT2D eigenvalue weighted by atomic mass is 31.2. The Bertz CT molecular complexity index is 249. The molecule has 0 rings (SSSR count). The van der Waals surface area contributed by atoms with Crippen LogP contribution < -0.4 is 16.1 Å². The molecule has 0 aliphatic rings. The van der Waals surface area contributed by atoms with Gasteiger partial charge in [0.2, 0.25) is 0 Å². The van der Waals surface area contributed by atoms with Gasteiger partial charge in [-0.1, -0.05) is 6.08 Å². The lowest BCUT2D eigenvalue weighted by Gasteiger charge is -2.16. The van der Waals surface area contributed by atoms with Crippen molar-refractivity contribution in [3.05, 3.63) is 12.3 Å². The molecule has 17 heavy (non-hydrogen) atoms. The van der Waals surface area contributed by atoms with Gasteiger partial charge in [-0.15, -0.1) is 0 Å². The maximum Gasteiger partial charge on any atom is 0.297 e. The van der Waals surface area contributed by atoms with Crippen molar-refractivity contribution in [2.45, 2.75) is 39.4 Å². The lowest BCUT2D eigenvalue weighted by Crippen LogP contribution is -2.17. The summed E-state index contributed by atoms with van der Waals surface area (Å²) >= 11 is 0. The van der Waals surface area contributed by atoms with Crippen LogP contribution in [0.4, 0.5) is 0 Å². The minimum absolute atomic E-state index is 0.138. The maximum atomic E-state index is 10.9. The van der Waals surface area contributed by atoms with Gasteiger partial charge in [0.05, 0.1) is 0 Å². The van der Waals surface area contributed by atoms with E-state index in [2.05, 4.69) is 5.09 Å². The van der Waals surface area contributed by atoms with Crippen LogP contribution in [0.15, 0.2) is 12.3 Å². The Morgan fingerprint density at radius 1 is 1.29 bits per heavy atom. The molecule has 0 bridgehead atoms. The predicted octanol–water partition coefficient (Wildman–Crippen LogP) is 1.68. The van der Waals surface area contributed by atoms with Crippen LogP contribution in [0.5, 0.6) is 0 Å². The van der Waals surface area contributed by atoms with Crippen molar-refractivity contribution in [1.82, 2.24) is 5.09 Å². The molecule has 0 unspecified atom stereocenters. The number of rotatable bonds is 10. The van der Waals surface area contributed by atoms with E-state index >= 15 is 0 Å². The summed E-state index contributed by atoms with van der Waals surface area (Å²) in [6, 6.07) is 0. The SMILES string of the molecule is CCOC(CCCC=CNP(N)(N)=O)OCC. The average molecular weight is 265 g/mol. The van der Waals surface area contributed by atoms with E-state index in [0.717, 1.165) is 19.3 Å². The van der Waals surface area contributed by atoms with E-state index in [-0.39, 0.29) is 6.29 Å². The van der Waals surface area contributed by atoms with E-state index in [0.29, 0.717) is 13.2 Å². The number of hydrogen-bond acceptors (Lipinski definition) is 3. The van der Waals surface area contributed by atoms with Crippen molar-refractivity contribution in [2.75, 3.05) is 13.2 Å². The highest BCUT2D eigenvalue weighted by Gasteiger charge is 2.06. The fourth-order valence-electron chi connectivity index (χ4n) is 1.24. The number of nitrogens with one attached hydrogen (secondary N) is 1. The molecule has 0 saturated carbocycles. The van der Waals surface area contributed by atoms with Crippen LogP contribution in [0.2, 0.25) is 0 Å². The number of nitrogens with two attached hydrogens (primary N) is 2. The molecule has 0 saturated heterocycles. The van der Waals surface area contributed by atoms with E-state index in [1.165, 1.54) is 6.20 Å². The molecule has 0 aromatic carbocycles. The van der Waals surface area contributed by atoms with Gasteiger partial charge in [0.25, 0.3) is 7.59 Å². The third-order valence-corrected chi connectivity index (χ3v) is 2.46. The zero-order chi connectivity index (χ0) is 13.1. The van der Waals surface area contributed by atoms with Gasteiger partial charge in [0, 0.05) is 19.4 Å². The highest BCUT2D eigenvalue weighted by molar-refractivity contribution is 7.57. The second-order valence-electron chi connectivity index (χ2n) is 3.51. The van der Waals surface area contributed by atoms with Crippen LogP contribution in [-0.2, 0) is 14.0 Å². The minimum Gasteiger partial charge on any atom is -0.353 e. The second-order valence-corrected chi connectivity index (χ2v) is 5.19. The van der Waals surface area contributed by atoms with Crippen LogP contribution in [-0.4, -0.2) is 19.5 Å². The average Bonchev–Trinajstić information content (AvgIpc) is 2.22. The topological polar surface area (TPSA) is 99.6 Å². The lowest BCUT2D eigenvalue weighted by atomic mass is 10.2. The second kappa shape index (κ2) is 9.62. The Morgan fingerprint density at radius 3 is 2.35 bits per heavy atom. The van der Waals surface area contributed by atoms with E-state index in [9.17, 15) is 4.57 Å². The first-order valence-electron chi connectivity index (χ1n) is 5.82. The molecular formula is C10H24N3O3P. The molecule has 5 N–H and O–H groups in total. The van der Waals surface area contributed by atoms with Crippen molar-refractivity contribution < 1.29 is 14.0 Å². The smallest absolute Gasteiger partial charge is 0.297 e. The molecular weight excluding hydrogens is 241 g/mol. The van der Waals surface area contributed by atoms with Gasteiger partial charge in [0.15, 0.2) is 6.29 Å². The summed E-state index contributed by atoms with van der Waals surface area (Å²) in [6.07, 6.45) is 5.79. The van der Waals surface area contributed by atoms with Crippen LogP contribution in [0.1, 0.15) is 33.1 Å². The Hall–Kier alpha value is -0.390. The van der Waals surface area contributed by atoms with Gasteiger partial charge in [-0.05, 0) is 33.1 Å². The molecule has 6 nitrogen and oxygen atoms in total. The first kappa shape index (κ1) is 16.6. The van der Waals surface area contributed by atoms with Crippen LogP contribution in [0, 0.1) is 0 Å². The molecule has 0 heterocycles. The first-order chi connectivity index (χ1) is 7.99. The molecule has 0 aromatic rings. The van der Waals surface area contributed by atoms with Gasteiger partial charge >= 0.3 is 0 Å². The number of hydrogen-bond donors (Lipinski definition) is 3. The van der Waals surface area contributed by atoms with Crippen LogP contribution >= 0.6 is 7.59 Å². The standard InChI is InChI=1S/C10H24N3O3P/c1-3-15-10(16-4-2)8-6-5-7-9-13-17(11,12)14/h7,9-10H,3-6,8H2,1-2H3,(H5,11,12,13,14). The fourth-order valence-corrected chi connectivity index (χ4v) is 1.58. The molecule has 0 aromatic heterocycles. The van der Waals surface area contributed by atoms with Crippen LogP contribution in [0.25, 0.3) is 0 Å². The van der Waals surface area contributed by atoms with Crippen molar-refractivity contribution in [1.29, 1.82) is 0 Å². The number of allylic oxidation sites excluding steroid dienone is 1. The minimum atomic E-state index is -3.14. The van der Waals surface area contributed by atoms with Crippen molar-refractivity contribution in [3.63, 3.8) is 0 Å². The number of ether oxygens (including phenoxy) is 2. The first-order valence-corrected chi connectivity index (χ1v) is 7.67. The third kappa shape index (κ3) is 11.9. The number of unbranched alkanes of at least 4 members (excludes halogenated alkanes) is 1. The molecule has 0 spiro atoms. The summed E-state index contributed by atoms with van der Waals surface area (Å²) in [4.78, 5) is 0. The quantitative estimate of drug-likeness (QED) is 0.316. The normalized spacial score (nSPS) is 12.5. The monoisotopic (exact) mass is 265 g/mol. The summed E-state index contributed by atoms with van der Waals surface area (Å²) in [5.41, 5.74) is 10.2.